The van der Waals surface area contributed by atoms with E-state index in [0.29, 0.717) is 0 Å². The molecule has 0 radical (unpaired) electrons. The first-order valence-corrected chi connectivity index (χ1v) is 5.59. The predicted octanol–water partition coefficient (Wildman–Crippen LogP) is 1.58. The average Bonchev–Trinajstić information content (AvgIpc) is 2.36. The number of benzene rings is 1. The molecular formula is C13H18O4. The largest absolute Gasteiger partial charge is 0.478 e. The van der Waals surface area contributed by atoms with Crippen molar-refractivity contribution in [3.05, 3.63) is 34.9 Å². The molecule has 2 atom stereocenters. The molecule has 3 N–H and O–H groups in total. The third-order valence-corrected chi connectivity index (χ3v) is 2.91. The first-order chi connectivity index (χ1) is 7.99. The van der Waals surface area contributed by atoms with Gasteiger partial charge < -0.3 is 15.3 Å². The summed E-state index contributed by atoms with van der Waals surface area (Å²) in [5, 5.41) is 27.2. The lowest BCUT2D eigenvalue weighted by atomic mass is 9.92. The SMILES string of the molecule is CC(CO)c1cc(C(=O)O)cc(C(C)CO)c1. The van der Waals surface area contributed by atoms with Gasteiger partial charge in [0, 0.05) is 25.0 Å². The van der Waals surface area contributed by atoms with Gasteiger partial charge in [0.15, 0.2) is 0 Å². The maximum absolute atomic E-state index is 11.0. The van der Waals surface area contributed by atoms with Crippen LogP contribution in [0.4, 0.5) is 0 Å². The van der Waals surface area contributed by atoms with Crippen LogP contribution in [0.15, 0.2) is 18.2 Å². The summed E-state index contributed by atoms with van der Waals surface area (Å²) >= 11 is 0. The zero-order valence-corrected chi connectivity index (χ0v) is 10.1. The quantitative estimate of drug-likeness (QED) is 0.727. The van der Waals surface area contributed by atoms with Gasteiger partial charge in [0.05, 0.1) is 5.56 Å². The summed E-state index contributed by atoms with van der Waals surface area (Å²) in [5.74, 6) is -1.22. The van der Waals surface area contributed by atoms with Crippen LogP contribution in [0.5, 0.6) is 0 Å². The molecule has 0 saturated carbocycles. The monoisotopic (exact) mass is 238 g/mol. The van der Waals surface area contributed by atoms with E-state index in [9.17, 15) is 4.79 Å². The topological polar surface area (TPSA) is 77.8 Å². The van der Waals surface area contributed by atoms with Crippen LogP contribution in [0, 0.1) is 0 Å². The summed E-state index contributed by atoms with van der Waals surface area (Å²) in [6.07, 6.45) is 0. The third kappa shape index (κ3) is 3.28. The van der Waals surface area contributed by atoms with Crippen LogP contribution >= 0.6 is 0 Å². The Morgan fingerprint density at radius 2 is 1.47 bits per heavy atom. The van der Waals surface area contributed by atoms with Crippen molar-refractivity contribution in [3.8, 4) is 0 Å². The fraction of sp³-hybridized carbons (Fsp3) is 0.462. The molecule has 0 aliphatic heterocycles. The van der Waals surface area contributed by atoms with Crippen molar-refractivity contribution in [2.75, 3.05) is 13.2 Å². The molecule has 0 bridgehead atoms. The number of aromatic carboxylic acids is 1. The first-order valence-electron chi connectivity index (χ1n) is 5.59. The van der Waals surface area contributed by atoms with Crippen LogP contribution in [-0.2, 0) is 0 Å². The number of carbonyl (C=O) groups is 1. The Kier molecular flexibility index (Phi) is 4.66. The van der Waals surface area contributed by atoms with Gasteiger partial charge in [0.2, 0.25) is 0 Å². The van der Waals surface area contributed by atoms with Gasteiger partial charge in [-0.3, -0.25) is 0 Å². The lowest BCUT2D eigenvalue weighted by Gasteiger charge is -2.15. The zero-order valence-electron chi connectivity index (χ0n) is 10.1. The second-order valence-electron chi connectivity index (χ2n) is 4.36. The number of aliphatic hydroxyl groups excluding tert-OH is 2. The van der Waals surface area contributed by atoms with Crippen LogP contribution in [-0.4, -0.2) is 34.5 Å². The Hall–Kier alpha value is -1.39. The molecule has 1 rings (SSSR count). The maximum atomic E-state index is 11.0. The van der Waals surface area contributed by atoms with Crippen molar-refractivity contribution in [2.45, 2.75) is 25.7 Å². The minimum Gasteiger partial charge on any atom is -0.478 e. The van der Waals surface area contributed by atoms with E-state index in [2.05, 4.69) is 0 Å². The number of rotatable bonds is 5. The van der Waals surface area contributed by atoms with Gasteiger partial charge >= 0.3 is 5.97 Å². The van der Waals surface area contributed by atoms with E-state index in [1.54, 1.807) is 12.1 Å². The molecule has 0 saturated heterocycles. The van der Waals surface area contributed by atoms with Crippen molar-refractivity contribution >= 4 is 5.97 Å². The van der Waals surface area contributed by atoms with Crippen molar-refractivity contribution in [1.82, 2.24) is 0 Å². The minimum atomic E-state index is -0.997. The predicted molar refractivity (Wildman–Crippen MR) is 64.4 cm³/mol. The van der Waals surface area contributed by atoms with E-state index in [1.165, 1.54) is 0 Å². The van der Waals surface area contributed by atoms with Crippen LogP contribution < -0.4 is 0 Å². The highest BCUT2D eigenvalue weighted by atomic mass is 16.4. The summed E-state index contributed by atoms with van der Waals surface area (Å²) in [6, 6.07) is 4.97. The average molecular weight is 238 g/mol. The van der Waals surface area contributed by atoms with Gasteiger partial charge in [-0.05, 0) is 23.3 Å². The van der Waals surface area contributed by atoms with Crippen LogP contribution in [0.2, 0.25) is 0 Å². The van der Waals surface area contributed by atoms with Crippen molar-refractivity contribution in [2.24, 2.45) is 0 Å². The van der Waals surface area contributed by atoms with Gasteiger partial charge in [0.25, 0.3) is 0 Å². The van der Waals surface area contributed by atoms with Gasteiger partial charge in [0.1, 0.15) is 0 Å². The van der Waals surface area contributed by atoms with E-state index in [1.807, 2.05) is 19.9 Å². The molecule has 94 valence electrons. The standard InChI is InChI=1S/C13H18O4/c1-8(6-14)10-3-11(9(2)7-15)5-12(4-10)13(16)17/h3-5,8-9,14-15H,6-7H2,1-2H3,(H,16,17). The number of aliphatic hydroxyl groups is 2. The second-order valence-corrected chi connectivity index (χ2v) is 4.36. The van der Waals surface area contributed by atoms with Gasteiger partial charge in [-0.15, -0.1) is 0 Å². The van der Waals surface area contributed by atoms with E-state index < -0.39 is 5.97 Å². The van der Waals surface area contributed by atoms with Crippen molar-refractivity contribution < 1.29 is 20.1 Å². The third-order valence-electron chi connectivity index (χ3n) is 2.91. The smallest absolute Gasteiger partial charge is 0.335 e. The molecule has 0 aliphatic carbocycles. The van der Waals surface area contributed by atoms with Gasteiger partial charge in [-0.25, -0.2) is 4.79 Å². The molecular weight excluding hydrogens is 220 g/mol. The summed E-state index contributed by atoms with van der Waals surface area (Å²) in [6.45, 7) is 3.59. The Morgan fingerprint density at radius 3 is 1.76 bits per heavy atom. The molecule has 1 aromatic rings. The Labute approximate surface area is 101 Å². The lowest BCUT2D eigenvalue weighted by molar-refractivity contribution is 0.0696. The molecule has 4 nitrogen and oxygen atoms in total. The highest BCUT2D eigenvalue weighted by Gasteiger charge is 2.14. The number of carboxylic acid groups (broad SMARTS) is 1. The van der Waals surface area contributed by atoms with Crippen LogP contribution in [0.3, 0.4) is 0 Å². The molecule has 1 aromatic carbocycles. The number of hydrogen-bond acceptors (Lipinski definition) is 3. The second kappa shape index (κ2) is 5.80. The molecule has 0 heterocycles. The number of hydrogen-bond donors (Lipinski definition) is 3. The van der Waals surface area contributed by atoms with Gasteiger partial charge in [-0.1, -0.05) is 19.9 Å². The molecule has 0 aliphatic rings. The lowest BCUT2D eigenvalue weighted by Crippen LogP contribution is -2.07. The van der Waals surface area contributed by atoms with Crippen molar-refractivity contribution in [1.29, 1.82) is 0 Å². The Morgan fingerprint density at radius 1 is 1.06 bits per heavy atom. The maximum Gasteiger partial charge on any atom is 0.335 e. The molecule has 4 heteroatoms. The normalized spacial score (nSPS) is 14.4. The zero-order chi connectivity index (χ0) is 13.0. The van der Waals surface area contributed by atoms with Crippen LogP contribution in [0.25, 0.3) is 0 Å². The summed E-state index contributed by atoms with van der Waals surface area (Å²) in [7, 11) is 0. The molecule has 0 spiro atoms. The first kappa shape index (κ1) is 13.7. The molecule has 0 fully saturated rings. The summed E-state index contributed by atoms with van der Waals surface area (Å²) < 4.78 is 0. The highest BCUT2D eigenvalue weighted by molar-refractivity contribution is 5.88. The molecule has 2 unspecified atom stereocenters. The Balaban J connectivity index is 3.23. The molecule has 17 heavy (non-hydrogen) atoms. The molecule has 0 amide bonds. The Bertz CT molecular complexity index is 372. The van der Waals surface area contributed by atoms with E-state index in [-0.39, 0.29) is 30.6 Å². The highest BCUT2D eigenvalue weighted by Crippen LogP contribution is 2.23. The number of carboxylic acids is 1. The van der Waals surface area contributed by atoms with E-state index >= 15 is 0 Å². The fourth-order valence-electron chi connectivity index (χ4n) is 1.58. The van der Waals surface area contributed by atoms with E-state index in [4.69, 9.17) is 15.3 Å². The van der Waals surface area contributed by atoms with Crippen molar-refractivity contribution in [3.63, 3.8) is 0 Å². The summed E-state index contributed by atoms with van der Waals surface area (Å²) in [4.78, 5) is 11.0. The minimum absolute atomic E-state index is 0.0317. The van der Waals surface area contributed by atoms with Gasteiger partial charge in [-0.2, -0.15) is 0 Å². The van der Waals surface area contributed by atoms with E-state index in [0.717, 1.165) is 11.1 Å². The fourth-order valence-corrected chi connectivity index (χ4v) is 1.58. The summed E-state index contributed by atoms with van der Waals surface area (Å²) in [5.41, 5.74) is 1.75. The molecule has 0 aromatic heterocycles. The van der Waals surface area contributed by atoms with Crippen LogP contribution in [0.1, 0.15) is 47.2 Å².